The summed E-state index contributed by atoms with van der Waals surface area (Å²) in [6.45, 7) is 0.211. The molecule has 0 radical (unpaired) electrons. The Hall–Kier alpha value is -1.26. The van der Waals surface area contributed by atoms with Crippen molar-refractivity contribution in [2.24, 2.45) is 4.99 Å². The molecule has 0 aromatic rings. The maximum absolute atomic E-state index is 11.8. The van der Waals surface area contributed by atoms with Crippen molar-refractivity contribution in [1.29, 1.82) is 0 Å². The molecule has 1 saturated carbocycles. The van der Waals surface area contributed by atoms with Gasteiger partial charge in [-0.15, -0.1) is 0 Å². The Kier molecular flexibility index (Phi) is 5.95. The van der Waals surface area contributed by atoms with E-state index in [0.717, 1.165) is 18.8 Å². The summed E-state index contributed by atoms with van der Waals surface area (Å²) in [7, 11) is 7.71. The number of amides is 1. The number of carbonyl (C=O) groups is 1. The van der Waals surface area contributed by atoms with Gasteiger partial charge in [-0.2, -0.15) is 0 Å². The maximum atomic E-state index is 11.8. The third-order valence-electron chi connectivity index (χ3n) is 3.13. The lowest BCUT2D eigenvalue weighted by molar-refractivity contribution is -0.120. The molecule has 0 unspecified atom stereocenters. The predicted octanol–water partition coefficient (Wildman–Crippen LogP) is 0.914. The second kappa shape index (κ2) is 7.24. The molecule has 0 atom stereocenters. The van der Waals surface area contributed by atoms with Crippen LogP contribution in [0.4, 0.5) is 0 Å². The van der Waals surface area contributed by atoms with Gasteiger partial charge in [0.1, 0.15) is 6.54 Å². The summed E-state index contributed by atoms with van der Waals surface area (Å²) >= 11 is 0. The first-order valence-electron chi connectivity index (χ1n) is 6.69. The molecule has 1 rings (SSSR count). The summed E-state index contributed by atoms with van der Waals surface area (Å²) in [5, 5.41) is 3.07. The van der Waals surface area contributed by atoms with Crippen LogP contribution in [0.25, 0.3) is 0 Å². The molecule has 5 nitrogen and oxygen atoms in total. The molecule has 0 heterocycles. The average Bonchev–Trinajstić information content (AvgIpc) is 2.29. The Morgan fingerprint density at radius 2 is 1.67 bits per heavy atom. The summed E-state index contributed by atoms with van der Waals surface area (Å²) in [6.07, 6.45) is 5.99. The third-order valence-corrected chi connectivity index (χ3v) is 3.13. The van der Waals surface area contributed by atoms with Gasteiger partial charge in [0.2, 0.25) is 5.91 Å². The van der Waals surface area contributed by atoms with Gasteiger partial charge in [-0.1, -0.05) is 19.3 Å². The normalized spacial score (nSPS) is 16.0. The van der Waals surface area contributed by atoms with Gasteiger partial charge < -0.3 is 15.1 Å². The minimum absolute atomic E-state index is 0.0306. The molecule has 0 aliphatic heterocycles. The van der Waals surface area contributed by atoms with E-state index in [1.54, 1.807) is 0 Å². The molecule has 1 aliphatic carbocycles. The quantitative estimate of drug-likeness (QED) is 0.602. The Morgan fingerprint density at radius 1 is 1.11 bits per heavy atom. The van der Waals surface area contributed by atoms with Crippen molar-refractivity contribution < 1.29 is 4.79 Å². The fourth-order valence-electron chi connectivity index (χ4n) is 2.35. The zero-order chi connectivity index (χ0) is 13.5. The first-order chi connectivity index (χ1) is 8.50. The summed E-state index contributed by atoms with van der Waals surface area (Å²) in [5.41, 5.74) is 0. The van der Waals surface area contributed by atoms with Crippen LogP contribution in [-0.4, -0.2) is 62.4 Å². The topological polar surface area (TPSA) is 47.9 Å². The van der Waals surface area contributed by atoms with Crippen molar-refractivity contribution >= 4 is 11.9 Å². The van der Waals surface area contributed by atoms with Crippen LogP contribution in [-0.2, 0) is 4.79 Å². The van der Waals surface area contributed by atoms with E-state index in [1.807, 2.05) is 38.0 Å². The van der Waals surface area contributed by atoms with Crippen molar-refractivity contribution in [3.8, 4) is 0 Å². The summed E-state index contributed by atoms with van der Waals surface area (Å²) in [4.78, 5) is 20.0. The fourth-order valence-corrected chi connectivity index (χ4v) is 2.35. The molecule has 0 aromatic heterocycles. The highest BCUT2D eigenvalue weighted by molar-refractivity contribution is 5.84. The number of hydrogen-bond donors (Lipinski definition) is 1. The molecular formula is C13H26N4O. The monoisotopic (exact) mass is 254 g/mol. The fraction of sp³-hybridized carbons (Fsp3) is 0.846. The van der Waals surface area contributed by atoms with E-state index < -0.39 is 0 Å². The lowest BCUT2D eigenvalue weighted by atomic mass is 9.95. The molecule has 0 spiro atoms. The lowest BCUT2D eigenvalue weighted by Crippen LogP contribution is -2.39. The van der Waals surface area contributed by atoms with Crippen LogP contribution in [0.1, 0.15) is 32.1 Å². The summed E-state index contributed by atoms with van der Waals surface area (Å²) in [6, 6.07) is 0.364. The van der Waals surface area contributed by atoms with Crippen LogP contribution in [0, 0.1) is 0 Å². The van der Waals surface area contributed by atoms with E-state index in [9.17, 15) is 4.79 Å². The highest BCUT2D eigenvalue weighted by Crippen LogP contribution is 2.17. The molecule has 5 heteroatoms. The standard InChI is InChI=1S/C13H26N4O/c1-16(2)13(17(3)4)14-10-12(18)15-11-8-6-5-7-9-11/h11H,5-10H2,1-4H3,(H,15,18). The Morgan fingerprint density at radius 3 is 2.17 bits per heavy atom. The van der Waals surface area contributed by atoms with Gasteiger partial charge >= 0.3 is 0 Å². The summed E-state index contributed by atoms with van der Waals surface area (Å²) < 4.78 is 0. The van der Waals surface area contributed by atoms with Crippen LogP contribution in [0.15, 0.2) is 4.99 Å². The van der Waals surface area contributed by atoms with Gasteiger partial charge in [0.15, 0.2) is 5.96 Å². The van der Waals surface area contributed by atoms with Gasteiger partial charge in [-0.3, -0.25) is 4.79 Å². The maximum Gasteiger partial charge on any atom is 0.242 e. The van der Waals surface area contributed by atoms with Gasteiger partial charge in [0, 0.05) is 34.2 Å². The van der Waals surface area contributed by atoms with Crippen LogP contribution in [0.2, 0.25) is 0 Å². The number of nitrogens with one attached hydrogen (secondary N) is 1. The zero-order valence-corrected chi connectivity index (χ0v) is 12.1. The number of nitrogens with zero attached hydrogens (tertiary/aromatic N) is 3. The Balaban J connectivity index is 2.41. The van der Waals surface area contributed by atoms with Gasteiger partial charge in [-0.25, -0.2) is 4.99 Å². The van der Waals surface area contributed by atoms with Crippen LogP contribution < -0.4 is 5.32 Å². The number of aliphatic imine (C=N–C) groups is 1. The Labute approximate surface area is 110 Å². The van der Waals surface area contributed by atoms with E-state index in [2.05, 4.69) is 10.3 Å². The van der Waals surface area contributed by atoms with E-state index in [1.165, 1.54) is 19.3 Å². The third kappa shape index (κ3) is 4.94. The Bertz CT molecular complexity index is 283. The molecule has 0 aromatic carbocycles. The van der Waals surface area contributed by atoms with Crippen LogP contribution in [0.3, 0.4) is 0 Å². The second-order valence-electron chi connectivity index (χ2n) is 5.31. The van der Waals surface area contributed by atoms with E-state index >= 15 is 0 Å². The molecule has 0 bridgehead atoms. The number of rotatable bonds is 3. The van der Waals surface area contributed by atoms with Gasteiger partial charge in [0.25, 0.3) is 0 Å². The molecular weight excluding hydrogens is 228 g/mol. The average molecular weight is 254 g/mol. The van der Waals surface area contributed by atoms with Crippen LogP contribution >= 0.6 is 0 Å². The van der Waals surface area contributed by atoms with Gasteiger partial charge in [0.05, 0.1) is 0 Å². The largest absolute Gasteiger partial charge is 0.352 e. The number of hydrogen-bond acceptors (Lipinski definition) is 2. The van der Waals surface area contributed by atoms with Crippen molar-refractivity contribution in [2.45, 2.75) is 38.1 Å². The zero-order valence-electron chi connectivity index (χ0n) is 12.1. The predicted molar refractivity (Wildman–Crippen MR) is 74.7 cm³/mol. The van der Waals surface area contributed by atoms with Crippen molar-refractivity contribution in [1.82, 2.24) is 15.1 Å². The molecule has 1 amide bonds. The first-order valence-corrected chi connectivity index (χ1v) is 6.69. The lowest BCUT2D eigenvalue weighted by Gasteiger charge is -2.24. The molecule has 1 fully saturated rings. The van der Waals surface area contributed by atoms with Crippen molar-refractivity contribution in [3.63, 3.8) is 0 Å². The number of carbonyl (C=O) groups excluding carboxylic acids is 1. The highest BCUT2D eigenvalue weighted by Gasteiger charge is 2.15. The van der Waals surface area contributed by atoms with Crippen LogP contribution in [0.5, 0.6) is 0 Å². The molecule has 104 valence electrons. The molecule has 18 heavy (non-hydrogen) atoms. The SMILES string of the molecule is CN(C)C(=NCC(=O)NC1CCCCC1)N(C)C. The molecule has 1 aliphatic rings. The number of guanidine groups is 1. The smallest absolute Gasteiger partial charge is 0.242 e. The minimum atomic E-state index is 0.0306. The summed E-state index contributed by atoms with van der Waals surface area (Å²) in [5.74, 6) is 0.844. The van der Waals surface area contributed by atoms with E-state index in [4.69, 9.17) is 0 Å². The van der Waals surface area contributed by atoms with E-state index in [0.29, 0.717) is 6.04 Å². The van der Waals surface area contributed by atoms with Crippen molar-refractivity contribution in [2.75, 3.05) is 34.7 Å². The van der Waals surface area contributed by atoms with Gasteiger partial charge in [-0.05, 0) is 12.8 Å². The first kappa shape index (κ1) is 14.8. The second-order valence-corrected chi connectivity index (χ2v) is 5.31. The minimum Gasteiger partial charge on any atom is -0.352 e. The molecule has 0 saturated heterocycles. The van der Waals surface area contributed by atoms with Crippen molar-refractivity contribution in [3.05, 3.63) is 0 Å². The van der Waals surface area contributed by atoms with E-state index in [-0.39, 0.29) is 12.5 Å². The highest BCUT2D eigenvalue weighted by atomic mass is 16.1. The molecule has 1 N–H and O–H groups in total.